The van der Waals surface area contributed by atoms with Crippen LogP contribution in [0.25, 0.3) is 0 Å². The molecule has 0 radical (unpaired) electrons. The van der Waals surface area contributed by atoms with Gasteiger partial charge in [0, 0.05) is 12.2 Å². The third kappa shape index (κ3) is 4.82. The van der Waals surface area contributed by atoms with E-state index in [-0.39, 0.29) is 11.9 Å². The normalized spacial score (nSPS) is 14.6. The Labute approximate surface area is 104 Å². The summed E-state index contributed by atoms with van der Waals surface area (Å²) < 4.78 is 13.2. The number of nitrogens with one attached hydrogen (secondary N) is 1. The maximum atomic E-state index is 13.2. The summed E-state index contributed by atoms with van der Waals surface area (Å²) in [5, 5.41) is 3.41. The molecule has 0 aliphatic rings. The first kappa shape index (κ1) is 14.1. The second-order valence-electron chi connectivity index (χ2n) is 4.68. The predicted octanol–water partition coefficient (Wildman–Crippen LogP) is 3.70. The third-order valence-corrected chi connectivity index (χ3v) is 3.00. The lowest BCUT2D eigenvalue weighted by Gasteiger charge is -2.21. The molecule has 17 heavy (non-hydrogen) atoms. The average Bonchev–Trinajstić information content (AvgIpc) is 2.29. The van der Waals surface area contributed by atoms with Gasteiger partial charge in [0.1, 0.15) is 5.82 Å². The molecule has 0 fully saturated rings. The van der Waals surface area contributed by atoms with Gasteiger partial charge in [-0.15, -0.1) is 0 Å². The van der Waals surface area contributed by atoms with Gasteiger partial charge in [-0.05, 0) is 30.5 Å². The molecule has 0 amide bonds. The number of hydrogen-bond donors (Lipinski definition) is 1. The molecule has 1 N–H and O–H groups in total. The van der Waals surface area contributed by atoms with Crippen LogP contribution in [-0.4, -0.2) is 11.5 Å². The number of rotatable bonds is 7. The SMILES string of the molecule is CCCC(C)CC(NCC)c1cncc(F)c1. The zero-order valence-electron chi connectivity index (χ0n) is 11.0. The van der Waals surface area contributed by atoms with Crippen LogP contribution in [0.2, 0.25) is 0 Å². The van der Waals surface area contributed by atoms with Crippen LogP contribution >= 0.6 is 0 Å². The minimum absolute atomic E-state index is 0.213. The molecule has 0 aliphatic carbocycles. The van der Waals surface area contributed by atoms with Crippen molar-refractivity contribution in [3.63, 3.8) is 0 Å². The first-order chi connectivity index (χ1) is 8.17. The van der Waals surface area contributed by atoms with E-state index in [1.54, 1.807) is 12.3 Å². The molecule has 0 bridgehead atoms. The van der Waals surface area contributed by atoms with Crippen molar-refractivity contribution in [2.75, 3.05) is 6.54 Å². The van der Waals surface area contributed by atoms with Gasteiger partial charge >= 0.3 is 0 Å². The first-order valence-electron chi connectivity index (χ1n) is 6.51. The number of aromatic nitrogens is 1. The molecular weight excluding hydrogens is 215 g/mol. The highest BCUT2D eigenvalue weighted by Crippen LogP contribution is 2.23. The highest BCUT2D eigenvalue weighted by atomic mass is 19.1. The van der Waals surface area contributed by atoms with Gasteiger partial charge in [0.15, 0.2) is 0 Å². The molecule has 96 valence electrons. The summed E-state index contributed by atoms with van der Waals surface area (Å²) in [7, 11) is 0. The summed E-state index contributed by atoms with van der Waals surface area (Å²) in [6.45, 7) is 7.41. The maximum absolute atomic E-state index is 13.2. The molecule has 0 aliphatic heterocycles. The summed E-state index contributed by atoms with van der Waals surface area (Å²) in [6.07, 6.45) is 6.45. The molecule has 0 spiro atoms. The number of halogens is 1. The third-order valence-electron chi connectivity index (χ3n) is 3.00. The maximum Gasteiger partial charge on any atom is 0.141 e. The highest BCUT2D eigenvalue weighted by molar-refractivity contribution is 5.15. The fraction of sp³-hybridized carbons (Fsp3) is 0.643. The fourth-order valence-corrected chi connectivity index (χ4v) is 2.22. The fourth-order valence-electron chi connectivity index (χ4n) is 2.22. The summed E-state index contributed by atoms with van der Waals surface area (Å²) in [4.78, 5) is 3.93. The Hall–Kier alpha value is -0.960. The minimum Gasteiger partial charge on any atom is -0.310 e. The van der Waals surface area contributed by atoms with E-state index in [0.29, 0.717) is 5.92 Å². The van der Waals surface area contributed by atoms with E-state index in [4.69, 9.17) is 0 Å². The van der Waals surface area contributed by atoms with Crippen molar-refractivity contribution in [1.29, 1.82) is 0 Å². The predicted molar refractivity (Wildman–Crippen MR) is 69.3 cm³/mol. The second kappa shape index (κ2) is 7.38. The Bertz CT molecular complexity index is 328. The summed E-state index contributed by atoms with van der Waals surface area (Å²) in [5.74, 6) is 0.390. The van der Waals surface area contributed by atoms with Crippen molar-refractivity contribution in [2.24, 2.45) is 5.92 Å². The standard InChI is InChI=1S/C14H23FN2/c1-4-6-11(3)7-14(17-5-2)12-8-13(15)10-16-9-12/h8-11,14,17H,4-7H2,1-3H3. The molecule has 2 unspecified atom stereocenters. The van der Waals surface area contributed by atoms with Crippen molar-refractivity contribution >= 4 is 0 Å². The van der Waals surface area contributed by atoms with Gasteiger partial charge in [-0.25, -0.2) is 4.39 Å². The Morgan fingerprint density at radius 2 is 2.12 bits per heavy atom. The quantitative estimate of drug-likeness (QED) is 0.783. The van der Waals surface area contributed by atoms with Crippen LogP contribution in [0.4, 0.5) is 4.39 Å². The van der Waals surface area contributed by atoms with Gasteiger partial charge in [-0.3, -0.25) is 4.98 Å². The largest absolute Gasteiger partial charge is 0.310 e. The molecule has 1 rings (SSSR count). The van der Waals surface area contributed by atoms with E-state index in [2.05, 4.69) is 31.1 Å². The monoisotopic (exact) mass is 238 g/mol. The summed E-state index contributed by atoms with van der Waals surface area (Å²) >= 11 is 0. The van der Waals surface area contributed by atoms with E-state index in [9.17, 15) is 4.39 Å². The zero-order chi connectivity index (χ0) is 12.7. The molecular formula is C14H23FN2. The lowest BCUT2D eigenvalue weighted by atomic mass is 9.93. The van der Waals surface area contributed by atoms with Gasteiger partial charge < -0.3 is 5.32 Å². The molecule has 0 saturated heterocycles. The lowest BCUT2D eigenvalue weighted by molar-refractivity contribution is 0.393. The molecule has 3 heteroatoms. The van der Waals surface area contributed by atoms with Crippen LogP contribution in [0.1, 0.15) is 51.6 Å². The van der Waals surface area contributed by atoms with Gasteiger partial charge in [0.25, 0.3) is 0 Å². The van der Waals surface area contributed by atoms with E-state index in [0.717, 1.165) is 18.5 Å². The van der Waals surface area contributed by atoms with Crippen molar-refractivity contribution in [3.8, 4) is 0 Å². The lowest BCUT2D eigenvalue weighted by Crippen LogP contribution is -2.23. The van der Waals surface area contributed by atoms with Crippen LogP contribution in [0.3, 0.4) is 0 Å². The smallest absolute Gasteiger partial charge is 0.141 e. The van der Waals surface area contributed by atoms with Crippen LogP contribution < -0.4 is 5.32 Å². The Kier molecular flexibility index (Phi) is 6.12. The Morgan fingerprint density at radius 1 is 1.35 bits per heavy atom. The van der Waals surface area contributed by atoms with E-state index in [1.807, 2.05) is 0 Å². The highest BCUT2D eigenvalue weighted by Gasteiger charge is 2.14. The molecule has 2 atom stereocenters. The summed E-state index contributed by atoms with van der Waals surface area (Å²) in [6, 6.07) is 1.80. The van der Waals surface area contributed by atoms with Crippen LogP contribution in [0, 0.1) is 11.7 Å². The molecule has 1 heterocycles. The Morgan fingerprint density at radius 3 is 2.71 bits per heavy atom. The Balaban J connectivity index is 2.71. The van der Waals surface area contributed by atoms with Crippen molar-refractivity contribution in [2.45, 2.75) is 46.1 Å². The number of pyridine rings is 1. The van der Waals surface area contributed by atoms with Crippen molar-refractivity contribution in [3.05, 3.63) is 29.8 Å². The molecule has 0 saturated carbocycles. The van der Waals surface area contributed by atoms with E-state index >= 15 is 0 Å². The van der Waals surface area contributed by atoms with Crippen LogP contribution in [0.15, 0.2) is 18.5 Å². The van der Waals surface area contributed by atoms with Gasteiger partial charge in [-0.2, -0.15) is 0 Å². The molecule has 2 nitrogen and oxygen atoms in total. The van der Waals surface area contributed by atoms with Crippen LogP contribution in [0.5, 0.6) is 0 Å². The second-order valence-corrected chi connectivity index (χ2v) is 4.68. The molecule has 1 aromatic heterocycles. The van der Waals surface area contributed by atoms with Gasteiger partial charge in [0.05, 0.1) is 6.20 Å². The average molecular weight is 238 g/mol. The minimum atomic E-state index is -0.256. The zero-order valence-corrected chi connectivity index (χ0v) is 11.0. The number of nitrogens with zero attached hydrogens (tertiary/aromatic N) is 1. The van der Waals surface area contributed by atoms with Crippen molar-refractivity contribution < 1.29 is 4.39 Å². The van der Waals surface area contributed by atoms with Crippen LogP contribution in [-0.2, 0) is 0 Å². The topological polar surface area (TPSA) is 24.9 Å². The molecule has 0 aromatic carbocycles. The van der Waals surface area contributed by atoms with Crippen molar-refractivity contribution in [1.82, 2.24) is 10.3 Å². The van der Waals surface area contributed by atoms with E-state index in [1.165, 1.54) is 19.0 Å². The van der Waals surface area contributed by atoms with E-state index < -0.39 is 0 Å². The number of hydrogen-bond acceptors (Lipinski definition) is 2. The first-order valence-corrected chi connectivity index (χ1v) is 6.51. The summed E-state index contributed by atoms with van der Waals surface area (Å²) in [5.41, 5.74) is 0.954. The van der Waals surface area contributed by atoms with Gasteiger partial charge in [-0.1, -0.05) is 33.6 Å². The molecule has 1 aromatic rings. The van der Waals surface area contributed by atoms with Gasteiger partial charge in [0.2, 0.25) is 0 Å².